The van der Waals surface area contributed by atoms with Gasteiger partial charge in [0.15, 0.2) is 11.5 Å². The fraction of sp³-hybridized carbons (Fsp3) is 0.100. The van der Waals surface area contributed by atoms with Crippen LogP contribution in [0.1, 0.15) is 28.2 Å². The molecular weight excluding hydrogens is 448 g/mol. The summed E-state index contributed by atoms with van der Waals surface area (Å²) in [6.45, 7) is 2.07. The maximum absolute atomic E-state index is 6.51. The van der Waals surface area contributed by atoms with E-state index < -0.39 is 0 Å². The fourth-order valence-electron chi connectivity index (χ4n) is 5.01. The number of hydrogen-bond donors (Lipinski definition) is 0. The predicted molar refractivity (Wildman–Crippen MR) is 139 cm³/mol. The number of hydrogen-bond acceptors (Lipinski definition) is 5. The van der Waals surface area contributed by atoms with Crippen molar-refractivity contribution in [1.29, 1.82) is 0 Å². The van der Waals surface area contributed by atoms with Crippen LogP contribution in [0.15, 0.2) is 91.3 Å². The number of aryl methyl sites for hydroxylation is 1. The number of methoxy groups -OCH3 is 1. The summed E-state index contributed by atoms with van der Waals surface area (Å²) >= 11 is 0. The summed E-state index contributed by atoms with van der Waals surface area (Å²) in [7, 11) is 1.68. The molecule has 0 aliphatic carbocycles. The molecular formula is C30H22N4O2. The summed E-state index contributed by atoms with van der Waals surface area (Å²) in [6.07, 6.45) is 1.68. The molecule has 4 aromatic carbocycles. The molecule has 2 aromatic heterocycles. The molecule has 174 valence electrons. The molecule has 1 aliphatic rings. The van der Waals surface area contributed by atoms with Crippen LogP contribution in [0.2, 0.25) is 0 Å². The summed E-state index contributed by atoms with van der Waals surface area (Å²) in [6, 6.07) is 28.9. The monoisotopic (exact) mass is 470 g/mol. The van der Waals surface area contributed by atoms with Crippen LogP contribution in [0.3, 0.4) is 0 Å². The zero-order valence-corrected chi connectivity index (χ0v) is 19.8. The van der Waals surface area contributed by atoms with Gasteiger partial charge in [-0.15, -0.1) is 5.10 Å². The van der Waals surface area contributed by atoms with Crippen LogP contribution in [0, 0.1) is 6.92 Å². The van der Waals surface area contributed by atoms with Crippen LogP contribution in [0.25, 0.3) is 27.8 Å². The van der Waals surface area contributed by atoms with E-state index in [1.54, 1.807) is 18.0 Å². The Hall–Kier alpha value is -4.71. The van der Waals surface area contributed by atoms with Gasteiger partial charge in [-0.2, -0.15) is 0 Å². The van der Waals surface area contributed by atoms with Crippen molar-refractivity contribution in [2.45, 2.75) is 12.8 Å². The van der Waals surface area contributed by atoms with Crippen molar-refractivity contribution in [3.8, 4) is 28.8 Å². The molecule has 0 saturated heterocycles. The van der Waals surface area contributed by atoms with E-state index in [4.69, 9.17) is 24.5 Å². The van der Waals surface area contributed by atoms with Gasteiger partial charge >= 0.3 is 0 Å². The molecule has 0 fully saturated rings. The van der Waals surface area contributed by atoms with Crippen molar-refractivity contribution in [2.24, 2.45) is 0 Å². The normalized spacial score (nSPS) is 14.3. The summed E-state index contributed by atoms with van der Waals surface area (Å²) < 4.78 is 13.7. The molecule has 1 aliphatic heterocycles. The molecule has 36 heavy (non-hydrogen) atoms. The standard InChI is InChI=1S/C30H22N4O2/c1-18-7-9-21(10-8-18)28-32-29-26-25(20-11-14-22(35-2)15-12-20)24-16-13-19-5-3-4-6-23(19)27(24)36-30(26)31-17-34(29)33-28/h3-17,25H,1-2H3. The lowest BCUT2D eigenvalue weighted by Crippen LogP contribution is -2.15. The topological polar surface area (TPSA) is 61.5 Å². The Morgan fingerprint density at radius 2 is 1.69 bits per heavy atom. The van der Waals surface area contributed by atoms with Gasteiger partial charge in [0.25, 0.3) is 0 Å². The van der Waals surface area contributed by atoms with Crippen LogP contribution in [-0.4, -0.2) is 26.7 Å². The second-order valence-corrected chi connectivity index (χ2v) is 9.05. The minimum atomic E-state index is -0.134. The van der Waals surface area contributed by atoms with E-state index in [9.17, 15) is 0 Å². The molecule has 3 heterocycles. The van der Waals surface area contributed by atoms with Crippen molar-refractivity contribution in [2.75, 3.05) is 7.11 Å². The number of aromatic nitrogens is 4. The highest BCUT2D eigenvalue weighted by Crippen LogP contribution is 2.50. The van der Waals surface area contributed by atoms with E-state index in [-0.39, 0.29) is 5.92 Å². The van der Waals surface area contributed by atoms with Crippen molar-refractivity contribution in [3.05, 3.63) is 114 Å². The Balaban J connectivity index is 1.49. The fourth-order valence-corrected chi connectivity index (χ4v) is 5.01. The molecule has 1 atom stereocenters. The number of fused-ring (bicyclic) bond motifs is 6. The van der Waals surface area contributed by atoms with E-state index in [1.165, 1.54) is 5.56 Å². The maximum atomic E-state index is 6.51. The highest BCUT2D eigenvalue weighted by atomic mass is 16.5. The highest BCUT2D eigenvalue weighted by molar-refractivity contribution is 5.91. The lowest BCUT2D eigenvalue weighted by atomic mass is 9.83. The molecule has 0 N–H and O–H groups in total. The van der Waals surface area contributed by atoms with Crippen LogP contribution in [0.5, 0.6) is 17.4 Å². The molecule has 6 aromatic rings. The van der Waals surface area contributed by atoms with E-state index >= 15 is 0 Å². The molecule has 0 radical (unpaired) electrons. The molecule has 0 bridgehead atoms. The van der Waals surface area contributed by atoms with Crippen LogP contribution in [-0.2, 0) is 0 Å². The second-order valence-electron chi connectivity index (χ2n) is 9.05. The molecule has 0 spiro atoms. The minimum Gasteiger partial charge on any atom is -0.497 e. The summed E-state index contributed by atoms with van der Waals surface area (Å²) in [5, 5.41) is 6.93. The lowest BCUT2D eigenvalue weighted by molar-refractivity contribution is 0.414. The molecule has 6 nitrogen and oxygen atoms in total. The third-order valence-corrected chi connectivity index (χ3v) is 6.85. The Morgan fingerprint density at radius 1 is 0.889 bits per heavy atom. The summed E-state index contributed by atoms with van der Waals surface area (Å²) in [5.74, 6) is 2.71. The Labute approximate surface area is 207 Å². The third-order valence-electron chi connectivity index (χ3n) is 6.85. The van der Waals surface area contributed by atoms with Gasteiger partial charge in [0.2, 0.25) is 5.88 Å². The first-order valence-corrected chi connectivity index (χ1v) is 11.9. The average Bonchev–Trinajstić information content (AvgIpc) is 3.37. The zero-order valence-electron chi connectivity index (χ0n) is 19.8. The van der Waals surface area contributed by atoms with Crippen LogP contribution >= 0.6 is 0 Å². The molecule has 0 amide bonds. The molecule has 7 rings (SSSR count). The van der Waals surface area contributed by atoms with Gasteiger partial charge < -0.3 is 9.47 Å². The van der Waals surface area contributed by atoms with E-state index in [0.717, 1.165) is 50.2 Å². The van der Waals surface area contributed by atoms with Gasteiger partial charge in [-0.25, -0.2) is 14.5 Å². The Bertz CT molecular complexity index is 1760. The zero-order chi connectivity index (χ0) is 24.2. The number of nitrogens with zero attached hydrogens (tertiary/aromatic N) is 4. The van der Waals surface area contributed by atoms with Gasteiger partial charge in [0.05, 0.1) is 12.7 Å². The molecule has 6 heteroatoms. The van der Waals surface area contributed by atoms with Crippen molar-refractivity contribution in [3.63, 3.8) is 0 Å². The molecule has 1 unspecified atom stereocenters. The Kier molecular flexibility index (Phi) is 4.54. The van der Waals surface area contributed by atoms with E-state index in [0.29, 0.717) is 11.7 Å². The van der Waals surface area contributed by atoms with Gasteiger partial charge in [0, 0.05) is 22.4 Å². The number of ether oxygens (including phenoxy) is 2. The maximum Gasteiger partial charge on any atom is 0.228 e. The van der Waals surface area contributed by atoms with Crippen LogP contribution < -0.4 is 9.47 Å². The quantitative estimate of drug-likeness (QED) is 0.293. The van der Waals surface area contributed by atoms with Gasteiger partial charge in [-0.1, -0.05) is 78.4 Å². The molecule has 0 saturated carbocycles. The average molecular weight is 471 g/mol. The van der Waals surface area contributed by atoms with Crippen molar-refractivity contribution < 1.29 is 9.47 Å². The third kappa shape index (κ3) is 3.15. The first-order chi connectivity index (χ1) is 17.7. The first-order valence-electron chi connectivity index (χ1n) is 11.9. The van der Waals surface area contributed by atoms with Crippen LogP contribution in [0.4, 0.5) is 0 Å². The predicted octanol–water partition coefficient (Wildman–Crippen LogP) is 6.55. The lowest BCUT2D eigenvalue weighted by Gasteiger charge is -2.28. The summed E-state index contributed by atoms with van der Waals surface area (Å²) in [4.78, 5) is 9.68. The SMILES string of the molecule is COc1ccc(C2c3ccc4ccccc4c3Oc3ncn4nc(-c5ccc(C)cc5)nc4c32)cc1. The van der Waals surface area contributed by atoms with Gasteiger partial charge in [-0.3, -0.25) is 0 Å². The van der Waals surface area contributed by atoms with E-state index in [1.807, 2.05) is 36.4 Å². The number of benzene rings is 4. The Morgan fingerprint density at radius 3 is 2.50 bits per heavy atom. The van der Waals surface area contributed by atoms with Gasteiger partial charge in [0.1, 0.15) is 17.8 Å². The highest BCUT2D eigenvalue weighted by Gasteiger charge is 2.34. The largest absolute Gasteiger partial charge is 0.497 e. The number of rotatable bonds is 3. The van der Waals surface area contributed by atoms with E-state index in [2.05, 4.69) is 55.5 Å². The van der Waals surface area contributed by atoms with Crippen molar-refractivity contribution in [1.82, 2.24) is 19.6 Å². The second kappa shape index (κ2) is 7.92. The minimum absolute atomic E-state index is 0.134. The smallest absolute Gasteiger partial charge is 0.228 e. The summed E-state index contributed by atoms with van der Waals surface area (Å²) in [5.41, 5.74) is 5.96. The van der Waals surface area contributed by atoms with Gasteiger partial charge in [-0.05, 0) is 30.0 Å². The first kappa shape index (κ1) is 20.6. The van der Waals surface area contributed by atoms with Crippen molar-refractivity contribution >= 4 is 16.4 Å².